The second-order valence-corrected chi connectivity index (χ2v) is 20.7. The lowest BCUT2D eigenvalue weighted by Gasteiger charge is -2.52. The van der Waals surface area contributed by atoms with Gasteiger partial charge < -0.3 is 91.8 Å². The molecule has 1 saturated carbocycles. The first kappa shape index (κ1) is 51.0. The highest BCUT2D eigenvalue weighted by molar-refractivity contribution is 5.74. The van der Waals surface area contributed by atoms with E-state index in [4.69, 9.17) is 66.3 Å². The lowest BCUT2D eigenvalue weighted by atomic mass is 9.55. The van der Waals surface area contributed by atoms with E-state index in [1.54, 1.807) is 27.4 Å². The fraction of sp³-hybridized carbons (Fsp3) is 0.896. The van der Waals surface area contributed by atoms with Crippen LogP contribution in [0.25, 0.3) is 0 Å². The zero-order chi connectivity index (χ0) is 48.4. The molecule has 20 nitrogen and oxygen atoms in total. The van der Waals surface area contributed by atoms with Crippen molar-refractivity contribution in [1.82, 2.24) is 0 Å². The van der Waals surface area contributed by atoms with Gasteiger partial charge in [-0.3, -0.25) is 4.79 Å². The summed E-state index contributed by atoms with van der Waals surface area (Å²) in [5.41, 5.74) is 1.87. The third-order valence-electron chi connectivity index (χ3n) is 16.6. The maximum atomic E-state index is 13.8. The van der Waals surface area contributed by atoms with E-state index < -0.39 is 135 Å². The van der Waals surface area contributed by atoms with Crippen molar-refractivity contribution in [2.24, 2.45) is 23.2 Å². The number of allylic oxidation sites excluding steroid dienone is 1. The van der Waals surface area contributed by atoms with Gasteiger partial charge in [-0.25, -0.2) is 0 Å². The van der Waals surface area contributed by atoms with Crippen LogP contribution in [0.3, 0.4) is 0 Å². The summed E-state index contributed by atoms with van der Waals surface area (Å²) in [5, 5.41) is 52.5. The van der Waals surface area contributed by atoms with Crippen LogP contribution in [0, 0.1) is 23.2 Å². The van der Waals surface area contributed by atoms with E-state index in [0.29, 0.717) is 38.7 Å². The van der Waals surface area contributed by atoms with Crippen LogP contribution in [0.4, 0.5) is 0 Å². The smallest absolute Gasteiger partial charge is 0.309 e. The molecule has 2 aliphatic carbocycles. The third kappa shape index (κ3) is 9.58. The van der Waals surface area contributed by atoms with Crippen molar-refractivity contribution in [2.75, 3.05) is 34.5 Å². The molecule has 5 N–H and O–H groups in total. The molecule has 0 aromatic rings. The molecular formula is C48H74O20. The standard InChI is InChI=1S/C48H74O20/c1-21-42(66-36-15-31(56-7)43(22(2)61-36)67-37-16-32(57-8)44(23(3)62-37)68-46-41(53)40(52)39(51)33(18-49)65-46)30(55-6)14-35(60-21)63-29-13-25-10-11-26-27(47(25,4)17-28(29)50)12-9-24-19-58-48(5)38(24)34(20-59-48)64-45(26)54/h10,19,21-23,26-44,46,49-53H,9,11-18,20H2,1-8H3/t21-,22+,23-,26-,27+,28-,29-,30+,31-,32+,33-,34-,35+,36+,37+,38?,39-,40+,41-,42-,43+,44-,46+,47+,48+/m1/s1. The summed E-state index contributed by atoms with van der Waals surface area (Å²) >= 11 is 0. The molecule has 0 aromatic carbocycles. The van der Waals surface area contributed by atoms with Gasteiger partial charge in [0.15, 0.2) is 25.2 Å². The van der Waals surface area contributed by atoms with E-state index in [2.05, 4.69) is 13.0 Å². The number of hydrogen-bond donors (Lipinski definition) is 5. The van der Waals surface area contributed by atoms with Crippen molar-refractivity contribution in [3.63, 3.8) is 0 Å². The number of rotatable bonds is 12. The monoisotopic (exact) mass is 970 g/mol. The van der Waals surface area contributed by atoms with Gasteiger partial charge in [0.05, 0.1) is 80.1 Å². The second kappa shape index (κ2) is 20.5. The summed E-state index contributed by atoms with van der Waals surface area (Å²) in [6.07, 6.45) is -7.99. The van der Waals surface area contributed by atoms with Gasteiger partial charge in [-0.15, -0.1) is 0 Å². The van der Waals surface area contributed by atoms with Crippen molar-refractivity contribution in [3.05, 3.63) is 23.5 Å². The molecule has 0 bridgehead atoms. The lowest BCUT2D eigenvalue weighted by molar-refractivity contribution is -0.357. The number of aliphatic hydroxyl groups is 5. The van der Waals surface area contributed by atoms with Crippen molar-refractivity contribution in [1.29, 1.82) is 0 Å². The van der Waals surface area contributed by atoms with Crippen LogP contribution in [0.1, 0.15) is 86.0 Å². The average Bonchev–Trinajstić information content (AvgIpc) is 3.83. The molecule has 7 aliphatic heterocycles. The molecule has 386 valence electrons. The first-order valence-corrected chi connectivity index (χ1v) is 24.5. The van der Waals surface area contributed by atoms with Gasteiger partial charge in [0.25, 0.3) is 0 Å². The SMILES string of the molecule is CO[C@H]1C[C@H](O[C@@H]2CC3=CC[C@H]4C(=O)O[C@@H]5CO[C@]6(C)OC=C(CC[C@@H]4[C@@]3(C)C[C@H]2O)C56)O[C@H](C)[C@H]1O[C@H]1C[C@@H](OC)[C@@H](O[C@H]2C[C@H](OC)[C@H](O[C@@H]3O[C@H](CO)[C@@H](O)[C@H](O)[C@H]3O)[C@@H](C)O2)[C@H](C)O1. The van der Waals surface area contributed by atoms with Crippen molar-refractivity contribution in [2.45, 2.75) is 215 Å². The molecule has 9 rings (SSSR count). The fourth-order valence-corrected chi connectivity index (χ4v) is 12.8. The Hall–Kier alpha value is -1.93. The molecule has 6 saturated heterocycles. The Morgan fingerprint density at radius 3 is 1.88 bits per heavy atom. The van der Waals surface area contributed by atoms with E-state index in [0.717, 1.165) is 18.4 Å². The Labute approximate surface area is 397 Å². The second-order valence-electron chi connectivity index (χ2n) is 20.7. The van der Waals surface area contributed by atoms with Crippen LogP contribution in [0.2, 0.25) is 0 Å². The quantitative estimate of drug-likeness (QED) is 0.137. The highest BCUT2D eigenvalue weighted by Crippen LogP contribution is 2.57. The fourth-order valence-electron chi connectivity index (χ4n) is 12.8. The van der Waals surface area contributed by atoms with Crippen LogP contribution < -0.4 is 0 Å². The summed E-state index contributed by atoms with van der Waals surface area (Å²) < 4.78 is 86.3. The number of methoxy groups -OCH3 is 3. The Balaban J connectivity index is 0.779. The van der Waals surface area contributed by atoms with E-state index in [-0.39, 0.29) is 36.2 Å². The number of carbonyl (C=O) groups is 1. The molecule has 0 amide bonds. The Bertz CT molecular complexity index is 1820. The zero-order valence-electron chi connectivity index (χ0n) is 40.4. The van der Waals surface area contributed by atoms with E-state index in [9.17, 15) is 30.3 Å². The average molecular weight is 971 g/mol. The van der Waals surface area contributed by atoms with Crippen LogP contribution >= 0.6 is 0 Å². The molecule has 25 atom stereocenters. The zero-order valence-corrected chi connectivity index (χ0v) is 40.4. The molecule has 7 heterocycles. The van der Waals surface area contributed by atoms with Crippen molar-refractivity contribution in [3.8, 4) is 0 Å². The number of fused-ring (bicyclic) bond motifs is 3. The Morgan fingerprint density at radius 2 is 1.31 bits per heavy atom. The van der Waals surface area contributed by atoms with Crippen LogP contribution in [-0.2, 0) is 71.1 Å². The van der Waals surface area contributed by atoms with E-state index in [1.807, 2.05) is 20.8 Å². The summed E-state index contributed by atoms with van der Waals surface area (Å²) in [4.78, 5) is 13.8. The number of aliphatic hydroxyl groups excluding tert-OH is 5. The van der Waals surface area contributed by atoms with Crippen LogP contribution in [-0.4, -0.2) is 195 Å². The summed E-state index contributed by atoms with van der Waals surface area (Å²) in [6, 6.07) is 0. The number of esters is 1. The highest BCUT2D eigenvalue weighted by Gasteiger charge is 2.59. The molecule has 0 radical (unpaired) electrons. The lowest BCUT2D eigenvalue weighted by Crippen LogP contribution is -2.62. The summed E-state index contributed by atoms with van der Waals surface area (Å²) in [5.74, 6) is -1.48. The van der Waals surface area contributed by atoms with Crippen LogP contribution in [0.15, 0.2) is 23.5 Å². The normalized spacial score (nSPS) is 51.7. The van der Waals surface area contributed by atoms with Gasteiger partial charge in [0.1, 0.15) is 48.8 Å². The Morgan fingerprint density at radius 1 is 0.735 bits per heavy atom. The maximum Gasteiger partial charge on any atom is 0.309 e. The minimum atomic E-state index is -1.59. The van der Waals surface area contributed by atoms with Crippen LogP contribution in [0.5, 0.6) is 0 Å². The minimum Gasteiger partial charge on any atom is -0.469 e. The van der Waals surface area contributed by atoms with Gasteiger partial charge in [0, 0.05) is 47.5 Å². The number of ether oxygens (including phenoxy) is 14. The third-order valence-corrected chi connectivity index (χ3v) is 16.6. The molecule has 68 heavy (non-hydrogen) atoms. The largest absolute Gasteiger partial charge is 0.469 e. The molecule has 1 unspecified atom stereocenters. The predicted molar refractivity (Wildman–Crippen MR) is 232 cm³/mol. The molecule has 0 aromatic heterocycles. The summed E-state index contributed by atoms with van der Waals surface area (Å²) in [7, 11) is 4.74. The number of carbonyl (C=O) groups excluding carboxylic acids is 1. The van der Waals surface area contributed by atoms with Crippen molar-refractivity contribution >= 4 is 5.97 Å². The minimum absolute atomic E-state index is 0.0277. The van der Waals surface area contributed by atoms with E-state index in [1.165, 1.54) is 12.7 Å². The van der Waals surface area contributed by atoms with Gasteiger partial charge >= 0.3 is 5.97 Å². The van der Waals surface area contributed by atoms with Gasteiger partial charge in [0.2, 0.25) is 5.79 Å². The van der Waals surface area contributed by atoms with Gasteiger partial charge in [-0.1, -0.05) is 18.6 Å². The van der Waals surface area contributed by atoms with Crippen molar-refractivity contribution < 1.29 is 96.6 Å². The first-order valence-electron chi connectivity index (χ1n) is 24.5. The predicted octanol–water partition coefficient (Wildman–Crippen LogP) is 1.48. The molecule has 7 fully saturated rings. The first-order chi connectivity index (χ1) is 32.5. The number of hydrogen-bond acceptors (Lipinski definition) is 20. The van der Waals surface area contributed by atoms with Gasteiger partial charge in [-0.2, -0.15) is 0 Å². The molecule has 0 spiro atoms. The molecule has 20 heteroatoms. The van der Waals surface area contributed by atoms with E-state index >= 15 is 0 Å². The Kier molecular flexibility index (Phi) is 15.4. The van der Waals surface area contributed by atoms with Gasteiger partial charge in [-0.05, 0) is 69.8 Å². The topological polar surface area (TPSA) is 247 Å². The maximum absolute atomic E-state index is 13.8. The highest BCUT2D eigenvalue weighted by atomic mass is 16.8. The molecular weight excluding hydrogens is 897 g/mol. The summed E-state index contributed by atoms with van der Waals surface area (Å²) in [6.45, 7) is 9.36. The molecule has 9 aliphatic rings.